The Labute approximate surface area is 160 Å². The molecule has 1 aliphatic rings. The lowest BCUT2D eigenvalue weighted by Gasteiger charge is -2.20. The van der Waals surface area contributed by atoms with E-state index in [9.17, 15) is 9.59 Å². The maximum atomic E-state index is 12.9. The van der Waals surface area contributed by atoms with Gasteiger partial charge in [0.2, 0.25) is 0 Å². The van der Waals surface area contributed by atoms with Gasteiger partial charge >= 0.3 is 0 Å². The van der Waals surface area contributed by atoms with E-state index in [1.165, 1.54) is 12.4 Å². The van der Waals surface area contributed by atoms with Gasteiger partial charge in [-0.3, -0.25) is 14.6 Å². The SMILES string of the molecule is CC(C)c1cccc(C(C)C)c1NC(=O)c1cncc(C(=O)NC2CC2)c1. The highest BCUT2D eigenvalue weighted by Gasteiger charge is 2.24. The Morgan fingerprint density at radius 1 is 0.963 bits per heavy atom. The summed E-state index contributed by atoms with van der Waals surface area (Å²) in [6, 6.07) is 7.99. The molecule has 1 aromatic heterocycles. The van der Waals surface area contributed by atoms with Crippen molar-refractivity contribution in [2.75, 3.05) is 5.32 Å². The molecule has 1 fully saturated rings. The summed E-state index contributed by atoms with van der Waals surface area (Å²) in [4.78, 5) is 29.2. The molecular formula is C22H27N3O2. The summed E-state index contributed by atoms with van der Waals surface area (Å²) >= 11 is 0. The molecular weight excluding hydrogens is 338 g/mol. The summed E-state index contributed by atoms with van der Waals surface area (Å²) < 4.78 is 0. The molecule has 0 aliphatic heterocycles. The number of nitrogens with one attached hydrogen (secondary N) is 2. The molecule has 5 heteroatoms. The van der Waals surface area contributed by atoms with Crippen LogP contribution in [-0.2, 0) is 0 Å². The summed E-state index contributed by atoms with van der Waals surface area (Å²) in [5.41, 5.74) is 3.86. The highest BCUT2D eigenvalue weighted by Crippen LogP contribution is 2.32. The third-order valence-corrected chi connectivity index (χ3v) is 4.79. The Bertz CT molecular complexity index is 828. The van der Waals surface area contributed by atoms with Crippen LogP contribution in [-0.4, -0.2) is 22.8 Å². The second kappa shape index (κ2) is 7.91. The molecule has 0 atom stereocenters. The van der Waals surface area contributed by atoms with Crippen molar-refractivity contribution in [3.8, 4) is 0 Å². The average Bonchev–Trinajstić information content (AvgIpc) is 3.45. The van der Waals surface area contributed by atoms with E-state index < -0.39 is 0 Å². The van der Waals surface area contributed by atoms with Crippen LogP contribution >= 0.6 is 0 Å². The maximum Gasteiger partial charge on any atom is 0.257 e. The number of hydrogen-bond acceptors (Lipinski definition) is 3. The van der Waals surface area contributed by atoms with E-state index in [1.54, 1.807) is 6.07 Å². The van der Waals surface area contributed by atoms with Crippen molar-refractivity contribution < 1.29 is 9.59 Å². The molecule has 0 unspecified atom stereocenters. The standard InChI is InChI=1S/C22H27N3O2/c1-13(2)18-6-5-7-19(14(3)4)20(18)25-22(27)16-10-15(11-23-12-16)21(26)24-17-8-9-17/h5-7,10-14,17H,8-9H2,1-4H3,(H,24,26)(H,25,27). The lowest BCUT2D eigenvalue weighted by Crippen LogP contribution is -2.26. The maximum absolute atomic E-state index is 12.9. The second-order valence-corrected chi connectivity index (χ2v) is 7.79. The van der Waals surface area contributed by atoms with Crippen LogP contribution < -0.4 is 10.6 Å². The number of carbonyl (C=O) groups excluding carboxylic acids is 2. The summed E-state index contributed by atoms with van der Waals surface area (Å²) in [6.45, 7) is 8.44. The third kappa shape index (κ3) is 4.54. The molecule has 142 valence electrons. The van der Waals surface area contributed by atoms with Crippen LogP contribution in [0.4, 0.5) is 5.69 Å². The number of amides is 2. The van der Waals surface area contributed by atoms with Gasteiger partial charge in [-0.05, 0) is 41.9 Å². The zero-order valence-electron chi connectivity index (χ0n) is 16.4. The highest BCUT2D eigenvalue weighted by molar-refractivity contribution is 6.06. The molecule has 2 aromatic rings. The predicted octanol–water partition coefficient (Wildman–Crippen LogP) is 4.47. The van der Waals surface area contributed by atoms with Gasteiger partial charge < -0.3 is 10.6 Å². The first-order valence-electron chi connectivity index (χ1n) is 9.57. The number of para-hydroxylation sites is 1. The molecule has 1 aromatic carbocycles. The average molecular weight is 365 g/mol. The summed E-state index contributed by atoms with van der Waals surface area (Å²) in [5, 5.41) is 5.99. The topological polar surface area (TPSA) is 71.1 Å². The van der Waals surface area contributed by atoms with E-state index in [0.29, 0.717) is 11.1 Å². The minimum absolute atomic E-state index is 0.176. The van der Waals surface area contributed by atoms with Crippen molar-refractivity contribution in [1.82, 2.24) is 10.3 Å². The van der Waals surface area contributed by atoms with Crippen LogP contribution in [0.25, 0.3) is 0 Å². The van der Waals surface area contributed by atoms with Crippen LogP contribution in [0.2, 0.25) is 0 Å². The van der Waals surface area contributed by atoms with Crippen molar-refractivity contribution in [1.29, 1.82) is 0 Å². The Balaban J connectivity index is 1.86. The first kappa shape index (κ1) is 19.1. The number of carbonyl (C=O) groups is 2. The third-order valence-electron chi connectivity index (χ3n) is 4.79. The number of benzene rings is 1. The Hall–Kier alpha value is -2.69. The lowest BCUT2D eigenvalue weighted by molar-refractivity contribution is 0.0950. The van der Waals surface area contributed by atoms with E-state index >= 15 is 0 Å². The van der Waals surface area contributed by atoms with Crippen LogP contribution in [0.15, 0.2) is 36.7 Å². The fourth-order valence-electron chi connectivity index (χ4n) is 3.07. The largest absolute Gasteiger partial charge is 0.349 e. The van der Waals surface area contributed by atoms with E-state index in [2.05, 4.69) is 43.3 Å². The molecule has 0 bridgehead atoms. The Kier molecular flexibility index (Phi) is 5.59. The minimum Gasteiger partial charge on any atom is -0.349 e. The monoisotopic (exact) mass is 365 g/mol. The molecule has 5 nitrogen and oxygen atoms in total. The van der Waals surface area contributed by atoms with E-state index in [4.69, 9.17) is 0 Å². The molecule has 0 saturated heterocycles. The number of pyridine rings is 1. The van der Waals surface area contributed by atoms with Gasteiger partial charge in [0.15, 0.2) is 0 Å². The van der Waals surface area contributed by atoms with Gasteiger partial charge in [-0.25, -0.2) is 0 Å². The van der Waals surface area contributed by atoms with Crippen molar-refractivity contribution in [2.24, 2.45) is 0 Å². The zero-order valence-corrected chi connectivity index (χ0v) is 16.4. The van der Waals surface area contributed by atoms with Gasteiger partial charge in [-0.1, -0.05) is 45.9 Å². The van der Waals surface area contributed by atoms with Gasteiger partial charge in [0, 0.05) is 24.1 Å². The van der Waals surface area contributed by atoms with Crippen LogP contribution in [0, 0.1) is 0 Å². The van der Waals surface area contributed by atoms with Gasteiger partial charge in [0.1, 0.15) is 0 Å². The van der Waals surface area contributed by atoms with Gasteiger partial charge in [0.05, 0.1) is 11.1 Å². The molecule has 1 aliphatic carbocycles. The number of rotatable bonds is 6. The zero-order chi connectivity index (χ0) is 19.6. The number of nitrogens with zero attached hydrogens (tertiary/aromatic N) is 1. The van der Waals surface area contributed by atoms with Crippen molar-refractivity contribution in [3.63, 3.8) is 0 Å². The van der Waals surface area contributed by atoms with Gasteiger partial charge in [0.25, 0.3) is 11.8 Å². The fraction of sp³-hybridized carbons (Fsp3) is 0.409. The lowest BCUT2D eigenvalue weighted by atomic mass is 9.92. The Morgan fingerprint density at radius 2 is 1.52 bits per heavy atom. The van der Waals surface area contributed by atoms with Crippen molar-refractivity contribution in [3.05, 3.63) is 58.9 Å². The normalized spacial score (nSPS) is 13.7. The summed E-state index contributed by atoms with van der Waals surface area (Å²) in [7, 11) is 0. The molecule has 1 heterocycles. The molecule has 1 saturated carbocycles. The predicted molar refractivity (Wildman–Crippen MR) is 107 cm³/mol. The molecule has 3 rings (SSSR count). The molecule has 0 radical (unpaired) electrons. The van der Waals surface area contributed by atoms with E-state index in [0.717, 1.165) is 29.7 Å². The first-order chi connectivity index (χ1) is 12.9. The minimum atomic E-state index is -0.251. The van der Waals surface area contributed by atoms with Crippen LogP contribution in [0.5, 0.6) is 0 Å². The van der Waals surface area contributed by atoms with Gasteiger partial charge in [-0.2, -0.15) is 0 Å². The Morgan fingerprint density at radius 3 is 2.04 bits per heavy atom. The first-order valence-corrected chi connectivity index (χ1v) is 9.57. The van der Waals surface area contributed by atoms with Gasteiger partial charge in [-0.15, -0.1) is 0 Å². The number of aromatic nitrogens is 1. The fourth-order valence-corrected chi connectivity index (χ4v) is 3.07. The smallest absolute Gasteiger partial charge is 0.257 e. The van der Waals surface area contributed by atoms with Crippen LogP contribution in [0.3, 0.4) is 0 Å². The molecule has 2 N–H and O–H groups in total. The quantitative estimate of drug-likeness (QED) is 0.793. The van der Waals surface area contributed by atoms with E-state index in [1.807, 2.05) is 18.2 Å². The molecule has 0 spiro atoms. The van der Waals surface area contributed by atoms with Crippen molar-refractivity contribution >= 4 is 17.5 Å². The van der Waals surface area contributed by atoms with Crippen LogP contribution in [0.1, 0.15) is 84.2 Å². The highest BCUT2D eigenvalue weighted by atomic mass is 16.2. The van der Waals surface area contributed by atoms with E-state index in [-0.39, 0.29) is 29.7 Å². The number of anilines is 1. The number of hydrogen-bond donors (Lipinski definition) is 2. The molecule has 27 heavy (non-hydrogen) atoms. The summed E-state index contributed by atoms with van der Waals surface area (Å²) in [5.74, 6) is 0.143. The van der Waals surface area contributed by atoms with Crippen molar-refractivity contribution in [2.45, 2.75) is 58.4 Å². The summed E-state index contributed by atoms with van der Waals surface area (Å²) in [6.07, 6.45) is 5.03. The molecule has 2 amide bonds. The second-order valence-electron chi connectivity index (χ2n) is 7.79.